The lowest BCUT2D eigenvalue weighted by Gasteiger charge is -2.25. The molecule has 0 bridgehead atoms. The van der Waals surface area contributed by atoms with Crippen molar-refractivity contribution in [3.63, 3.8) is 0 Å². The summed E-state index contributed by atoms with van der Waals surface area (Å²) in [5.41, 5.74) is 0.838. The molecule has 0 saturated carbocycles. The lowest BCUT2D eigenvalue weighted by molar-refractivity contribution is 0.204. The van der Waals surface area contributed by atoms with Crippen molar-refractivity contribution >= 4 is 5.82 Å². The smallest absolute Gasteiger partial charge is 0.128 e. The summed E-state index contributed by atoms with van der Waals surface area (Å²) in [5.74, 6) is 1.51. The van der Waals surface area contributed by atoms with Gasteiger partial charge in [-0.1, -0.05) is 19.9 Å². The van der Waals surface area contributed by atoms with Gasteiger partial charge >= 0.3 is 0 Å². The molecule has 17 heavy (non-hydrogen) atoms. The van der Waals surface area contributed by atoms with Gasteiger partial charge in [0.2, 0.25) is 0 Å². The van der Waals surface area contributed by atoms with E-state index < -0.39 is 0 Å². The number of hydrogen-bond acceptors (Lipinski definition) is 4. The summed E-state index contributed by atoms with van der Waals surface area (Å²) in [5, 5.41) is 8.98. The van der Waals surface area contributed by atoms with E-state index in [1.807, 2.05) is 12.1 Å². The lowest BCUT2D eigenvalue weighted by Crippen LogP contribution is -2.31. The van der Waals surface area contributed by atoms with Gasteiger partial charge in [0.25, 0.3) is 0 Å². The predicted molar refractivity (Wildman–Crippen MR) is 69.1 cm³/mol. The molecule has 0 amide bonds. The molecular formula is C13H22N2O2. The zero-order valence-electron chi connectivity index (χ0n) is 10.9. The Bertz CT molecular complexity index is 312. The van der Waals surface area contributed by atoms with Crippen molar-refractivity contribution in [2.75, 3.05) is 31.7 Å². The van der Waals surface area contributed by atoms with Crippen LogP contribution in [-0.2, 0) is 11.3 Å². The van der Waals surface area contributed by atoms with Crippen molar-refractivity contribution in [2.45, 2.75) is 20.5 Å². The van der Waals surface area contributed by atoms with Crippen molar-refractivity contribution in [3.05, 3.63) is 23.9 Å². The number of hydrogen-bond donors (Lipinski definition) is 1. The third-order valence-corrected chi connectivity index (χ3v) is 2.47. The molecule has 0 aromatic carbocycles. The maximum absolute atomic E-state index is 8.98. The number of pyridine rings is 1. The van der Waals surface area contributed by atoms with Gasteiger partial charge in [0.15, 0.2) is 0 Å². The summed E-state index contributed by atoms with van der Waals surface area (Å²) in [6.07, 6.45) is 1.72. The molecule has 0 fully saturated rings. The van der Waals surface area contributed by atoms with Crippen LogP contribution in [0.5, 0.6) is 0 Å². The average molecular weight is 238 g/mol. The van der Waals surface area contributed by atoms with Gasteiger partial charge in [-0.2, -0.15) is 0 Å². The molecule has 1 N–H and O–H groups in total. The fourth-order valence-electron chi connectivity index (χ4n) is 1.64. The summed E-state index contributed by atoms with van der Waals surface area (Å²) in [6, 6.07) is 3.85. The molecule has 0 aliphatic rings. The zero-order valence-corrected chi connectivity index (χ0v) is 10.9. The zero-order chi connectivity index (χ0) is 12.7. The molecule has 0 aliphatic heterocycles. The maximum Gasteiger partial charge on any atom is 0.128 e. The van der Waals surface area contributed by atoms with Crippen LogP contribution < -0.4 is 4.90 Å². The first-order valence-corrected chi connectivity index (χ1v) is 5.97. The molecule has 1 rings (SSSR count). The number of ether oxygens (including phenoxy) is 1. The van der Waals surface area contributed by atoms with Crippen LogP contribution in [0.2, 0.25) is 0 Å². The number of methoxy groups -OCH3 is 1. The van der Waals surface area contributed by atoms with Crippen LogP contribution >= 0.6 is 0 Å². The highest BCUT2D eigenvalue weighted by atomic mass is 16.5. The van der Waals surface area contributed by atoms with Gasteiger partial charge in [0, 0.05) is 26.4 Å². The Labute approximate surface area is 103 Å². The van der Waals surface area contributed by atoms with Gasteiger partial charge in [0.05, 0.1) is 13.2 Å². The molecule has 96 valence electrons. The fraction of sp³-hybridized carbons (Fsp3) is 0.615. The van der Waals surface area contributed by atoms with Crippen LogP contribution in [0.3, 0.4) is 0 Å². The minimum Gasteiger partial charge on any atom is -0.392 e. The Balaban J connectivity index is 2.72. The minimum absolute atomic E-state index is 0.0372. The van der Waals surface area contributed by atoms with Crippen LogP contribution in [0.1, 0.15) is 19.4 Å². The van der Waals surface area contributed by atoms with Crippen LogP contribution in [0.15, 0.2) is 18.3 Å². The molecule has 0 radical (unpaired) electrons. The highest BCUT2D eigenvalue weighted by Gasteiger charge is 2.09. The summed E-state index contributed by atoms with van der Waals surface area (Å²) in [4.78, 5) is 6.57. The third-order valence-electron chi connectivity index (χ3n) is 2.47. The largest absolute Gasteiger partial charge is 0.392 e. The average Bonchev–Trinajstić information content (AvgIpc) is 2.34. The maximum atomic E-state index is 8.98. The second kappa shape index (κ2) is 7.25. The summed E-state index contributed by atoms with van der Waals surface area (Å²) >= 11 is 0. The van der Waals surface area contributed by atoms with E-state index in [1.54, 1.807) is 13.3 Å². The molecule has 4 heteroatoms. The van der Waals surface area contributed by atoms with Crippen molar-refractivity contribution in [1.29, 1.82) is 0 Å². The van der Waals surface area contributed by atoms with E-state index >= 15 is 0 Å². The number of aliphatic hydroxyl groups is 1. The Morgan fingerprint density at radius 2 is 2.18 bits per heavy atom. The molecule has 1 aromatic heterocycles. The lowest BCUT2D eigenvalue weighted by atomic mass is 10.2. The topological polar surface area (TPSA) is 45.6 Å². The fourth-order valence-corrected chi connectivity index (χ4v) is 1.64. The molecule has 0 spiro atoms. The summed E-state index contributed by atoms with van der Waals surface area (Å²) in [7, 11) is 1.70. The van der Waals surface area contributed by atoms with Gasteiger partial charge in [-0.25, -0.2) is 4.98 Å². The van der Waals surface area contributed by atoms with E-state index in [9.17, 15) is 0 Å². The standard InChI is InChI=1S/C13H22N2O2/c1-11(2)9-15(6-7-17-3)13-5-4-12(10-16)8-14-13/h4-5,8,11,16H,6-7,9-10H2,1-3H3. The van der Waals surface area contributed by atoms with Gasteiger partial charge in [-0.3, -0.25) is 0 Å². The second-order valence-corrected chi connectivity index (χ2v) is 4.52. The van der Waals surface area contributed by atoms with Gasteiger partial charge < -0.3 is 14.7 Å². The molecule has 1 aromatic rings. The molecular weight excluding hydrogens is 216 g/mol. The molecule has 0 saturated heterocycles. The molecule has 4 nitrogen and oxygen atoms in total. The number of anilines is 1. The van der Waals surface area contributed by atoms with Gasteiger partial charge in [-0.15, -0.1) is 0 Å². The van der Waals surface area contributed by atoms with Gasteiger partial charge in [-0.05, 0) is 17.5 Å². The Morgan fingerprint density at radius 3 is 2.65 bits per heavy atom. The minimum atomic E-state index is 0.0372. The van der Waals surface area contributed by atoms with Crippen molar-refractivity contribution in [3.8, 4) is 0 Å². The van der Waals surface area contributed by atoms with Crippen molar-refractivity contribution < 1.29 is 9.84 Å². The number of rotatable bonds is 7. The SMILES string of the molecule is COCCN(CC(C)C)c1ccc(CO)cn1. The van der Waals surface area contributed by atoms with E-state index in [0.29, 0.717) is 12.5 Å². The Morgan fingerprint density at radius 1 is 1.41 bits per heavy atom. The summed E-state index contributed by atoms with van der Waals surface area (Å²) in [6.45, 7) is 6.88. The van der Waals surface area contributed by atoms with Crippen LogP contribution in [-0.4, -0.2) is 36.9 Å². The monoisotopic (exact) mass is 238 g/mol. The van der Waals surface area contributed by atoms with Crippen molar-refractivity contribution in [2.24, 2.45) is 5.92 Å². The first-order valence-electron chi connectivity index (χ1n) is 5.97. The van der Waals surface area contributed by atoms with E-state index in [-0.39, 0.29) is 6.61 Å². The molecule has 0 atom stereocenters. The molecule has 0 unspecified atom stereocenters. The third kappa shape index (κ3) is 4.71. The van der Waals surface area contributed by atoms with Crippen LogP contribution in [0, 0.1) is 5.92 Å². The first kappa shape index (κ1) is 13.9. The Kier molecular flexibility index (Phi) is 5.94. The quantitative estimate of drug-likeness (QED) is 0.785. The van der Waals surface area contributed by atoms with E-state index in [2.05, 4.69) is 23.7 Å². The number of aromatic nitrogens is 1. The van der Waals surface area contributed by atoms with E-state index in [0.717, 1.165) is 24.5 Å². The summed E-state index contributed by atoms with van der Waals surface area (Å²) < 4.78 is 5.11. The Hall–Kier alpha value is -1.13. The first-order chi connectivity index (χ1) is 8.17. The highest BCUT2D eigenvalue weighted by molar-refractivity contribution is 5.39. The van der Waals surface area contributed by atoms with Crippen LogP contribution in [0.4, 0.5) is 5.82 Å². The molecule has 1 heterocycles. The highest BCUT2D eigenvalue weighted by Crippen LogP contribution is 2.13. The van der Waals surface area contributed by atoms with Crippen molar-refractivity contribution in [1.82, 2.24) is 4.98 Å². The molecule has 0 aliphatic carbocycles. The second-order valence-electron chi connectivity index (χ2n) is 4.52. The number of nitrogens with zero attached hydrogens (tertiary/aromatic N) is 2. The predicted octanol–water partition coefficient (Wildman–Crippen LogP) is 1.68. The van der Waals surface area contributed by atoms with E-state index in [4.69, 9.17) is 9.84 Å². The van der Waals surface area contributed by atoms with Gasteiger partial charge in [0.1, 0.15) is 5.82 Å². The van der Waals surface area contributed by atoms with Crippen LogP contribution in [0.25, 0.3) is 0 Å². The van der Waals surface area contributed by atoms with E-state index in [1.165, 1.54) is 0 Å². The normalized spacial score (nSPS) is 10.9. The number of aliphatic hydroxyl groups excluding tert-OH is 1.